The monoisotopic (exact) mass is 270 g/mol. The van der Waals surface area contributed by atoms with Crippen LogP contribution in [0.2, 0.25) is 0 Å². The van der Waals surface area contributed by atoms with E-state index >= 15 is 0 Å². The molecule has 0 aliphatic rings. The summed E-state index contributed by atoms with van der Waals surface area (Å²) >= 11 is 0. The normalized spacial score (nSPS) is 10.1. The molecular formula is C15H14N2O3. The van der Waals surface area contributed by atoms with Crippen LogP contribution in [0, 0.1) is 0 Å². The first-order valence-corrected chi connectivity index (χ1v) is 6.01. The van der Waals surface area contributed by atoms with Crippen molar-refractivity contribution in [3.63, 3.8) is 0 Å². The highest BCUT2D eigenvalue weighted by molar-refractivity contribution is 6.13. The first-order chi connectivity index (χ1) is 9.50. The number of carboxylic acids is 1. The number of aromatic nitrogens is 1. The van der Waals surface area contributed by atoms with E-state index in [9.17, 15) is 9.59 Å². The molecule has 0 unspecified atom stereocenters. The number of carbonyl (C=O) groups excluding carboxylic acids is 1. The smallest absolute Gasteiger partial charge is 0.355 e. The van der Waals surface area contributed by atoms with E-state index in [2.05, 4.69) is 4.98 Å². The van der Waals surface area contributed by atoms with E-state index in [0.717, 1.165) is 5.69 Å². The Morgan fingerprint density at radius 1 is 1.10 bits per heavy atom. The Labute approximate surface area is 116 Å². The lowest BCUT2D eigenvalue weighted by molar-refractivity contribution is 0.0686. The molecule has 5 heteroatoms. The number of hydrogen-bond acceptors (Lipinski definition) is 4. The van der Waals surface area contributed by atoms with Gasteiger partial charge in [0.05, 0.1) is 5.56 Å². The molecule has 0 saturated heterocycles. The minimum absolute atomic E-state index is 0.0950. The highest BCUT2D eigenvalue weighted by Crippen LogP contribution is 2.17. The van der Waals surface area contributed by atoms with E-state index < -0.39 is 5.97 Å². The van der Waals surface area contributed by atoms with Gasteiger partial charge in [-0.25, -0.2) is 9.78 Å². The summed E-state index contributed by atoms with van der Waals surface area (Å²) in [6.45, 7) is 0. The third-order valence-electron chi connectivity index (χ3n) is 2.90. The zero-order valence-corrected chi connectivity index (χ0v) is 11.2. The Kier molecular flexibility index (Phi) is 3.79. The summed E-state index contributed by atoms with van der Waals surface area (Å²) in [6, 6.07) is 9.99. The fraction of sp³-hybridized carbons (Fsp3) is 0.133. The molecule has 0 aliphatic heterocycles. The molecule has 0 atom stereocenters. The third-order valence-corrected chi connectivity index (χ3v) is 2.90. The van der Waals surface area contributed by atoms with Crippen molar-refractivity contribution in [2.24, 2.45) is 0 Å². The molecular weight excluding hydrogens is 256 g/mol. The van der Waals surface area contributed by atoms with E-state index in [-0.39, 0.29) is 17.0 Å². The van der Waals surface area contributed by atoms with Gasteiger partial charge in [0, 0.05) is 31.5 Å². The van der Waals surface area contributed by atoms with Gasteiger partial charge < -0.3 is 10.0 Å². The van der Waals surface area contributed by atoms with Crippen molar-refractivity contribution in [2.75, 3.05) is 19.0 Å². The number of benzene rings is 1. The van der Waals surface area contributed by atoms with Crippen LogP contribution in [0.15, 0.2) is 42.6 Å². The summed E-state index contributed by atoms with van der Waals surface area (Å²) in [5.41, 5.74) is 1.27. The Hall–Kier alpha value is -2.69. The topological polar surface area (TPSA) is 70.5 Å². The number of hydrogen-bond donors (Lipinski definition) is 1. The zero-order valence-electron chi connectivity index (χ0n) is 11.2. The number of carbonyl (C=O) groups is 2. The average Bonchev–Trinajstić information content (AvgIpc) is 2.46. The summed E-state index contributed by atoms with van der Waals surface area (Å²) in [7, 11) is 3.81. The van der Waals surface area contributed by atoms with Gasteiger partial charge in [0.15, 0.2) is 11.5 Å². The summed E-state index contributed by atoms with van der Waals surface area (Å²) < 4.78 is 0. The van der Waals surface area contributed by atoms with Gasteiger partial charge in [0.1, 0.15) is 0 Å². The number of anilines is 1. The number of carboxylic acid groups (broad SMARTS) is 1. The molecule has 1 aromatic heterocycles. The highest BCUT2D eigenvalue weighted by Gasteiger charge is 2.18. The minimum atomic E-state index is -1.21. The van der Waals surface area contributed by atoms with Crippen molar-refractivity contribution in [1.82, 2.24) is 4.98 Å². The maximum atomic E-state index is 12.3. The Morgan fingerprint density at radius 3 is 2.30 bits per heavy atom. The second-order valence-electron chi connectivity index (χ2n) is 4.48. The number of pyridine rings is 1. The van der Waals surface area contributed by atoms with Crippen molar-refractivity contribution >= 4 is 17.4 Å². The van der Waals surface area contributed by atoms with E-state index in [0.29, 0.717) is 5.56 Å². The van der Waals surface area contributed by atoms with E-state index in [1.54, 1.807) is 18.2 Å². The van der Waals surface area contributed by atoms with Crippen LogP contribution in [0.25, 0.3) is 0 Å². The molecule has 0 aliphatic carbocycles. The molecule has 1 aromatic carbocycles. The van der Waals surface area contributed by atoms with Crippen molar-refractivity contribution in [1.29, 1.82) is 0 Å². The van der Waals surface area contributed by atoms with Gasteiger partial charge in [0.25, 0.3) is 0 Å². The van der Waals surface area contributed by atoms with Crippen molar-refractivity contribution in [3.8, 4) is 0 Å². The van der Waals surface area contributed by atoms with Crippen LogP contribution in [0.3, 0.4) is 0 Å². The van der Waals surface area contributed by atoms with Crippen molar-refractivity contribution in [3.05, 3.63) is 59.4 Å². The number of ketones is 1. The van der Waals surface area contributed by atoms with Crippen LogP contribution >= 0.6 is 0 Å². The number of nitrogens with zero attached hydrogens (tertiary/aromatic N) is 2. The van der Waals surface area contributed by atoms with Crippen LogP contribution in [-0.4, -0.2) is 35.9 Å². The van der Waals surface area contributed by atoms with Crippen LogP contribution in [0.5, 0.6) is 0 Å². The molecule has 2 rings (SSSR count). The van der Waals surface area contributed by atoms with Crippen LogP contribution in [-0.2, 0) is 0 Å². The molecule has 20 heavy (non-hydrogen) atoms. The second-order valence-corrected chi connectivity index (χ2v) is 4.48. The minimum Gasteiger partial charge on any atom is -0.476 e. The lowest BCUT2D eigenvalue weighted by atomic mass is 10.0. The fourth-order valence-corrected chi connectivity index (χ4v) is 1.83. The Balaban J connectivity index is 2.39. The molecule has 0 spiro atoms. The molecule has 0 fully saturated rings. The largest absolute Gasteiger partial charge is 0.476 e. The van der Waals surface area contributed by atoms with Gasteiger partial charge in [0.2, 0.25) is 0 Å². The van der Waals surface area contributed by atoms with Gasteiger partial charge in [-0.1, -0.05) is 0 Å². The SMILES string of the molecule is CN(C)c1ccc(C(=O)c2cccnc2C(=O)O)cc1. The summed E-state index contributed by atoms with van der Waals surface area (Å²) in [4.78, 5) is 29.1. The molecule has 2 aromatic rings. The Bertz CT molecular complexity index is 648. The van der Waals surface area contributed by atoms with Gasteiger partial charge >= 0.3 is 5.97 Å². The van der Waals surface area contributed by atoms with E-state index in [1.165, 1.54) is 12.3 Å². The summed E-state index contributed by atoms with van der Waals surface area (Å²) in [5, 5.41) is 9.06. The molecule has 5 nitrogen and oxygen atoms in total. The predicted octanol–water partition coefficient (Wildman–Crippen LogP) is 2.08. The quantitative estimate of drug-likeness (QED) is 0.861. The highest BCUT2D eigenvalue weighted by atomic mass is 16.4. The maximum absolute atomic E-state index is 12.3. The summed E-state index contributed by atoms with van der Waals surface area (Å²) in [6.07, 6.45) is 1.36. The van der Waals surface area contributed by atoms with Crippen molar-refractivity contribution < 1.29 is 14.7 Å². The average molecular weight is 270 g/mol. The lowest BCUT2D eigenvalue weighted by Crippen LogP contribution is -2.12. The fourth-order valence-electron chi connectivity index (χ4n) is 1.83. The van der Waals surface area contributed by atoms with Gasteiger partial charge in [-0.05, 0) is 36.4 Å². The molecule has 0 radical (unpaired) electrons. The zero-order chi connectivity index (χ0) is 14.7. The van der Waals surface area contributed by atoms with Crippen LogP contribution in [0.1, 0.15) is 26.4 Å². The molecule has 0 saturated carbocycles. The van der Waals surface area contributed by atoms with E-state index in [1.807, 2.05) is 31.1 Å². The van der Waals surface area contributed by atoms with Crippen molar-refractivity contribution in [2.45, 2.75) is 0 Å². The van der Waals surface area contributed by atoms with Gasteiger partial charge in [-0.2, -0.15) is 0 Å². The van der Waals surface area contributed by atoms with Crippen LogP contribution in [0.4, 0.5) is 5.69 Å². The third kappa shape index (κ3) is 2.66. The number of aromatic carboxylic acids is 1. The molecule has 0 amide bonds. The molecule has 1 N–H and O–H groups in total. The van der Waals surface area contributed by atoms with Gasteiger partial charge in [-0.3, -0.25) is 4.79 Å². The number of rotatable bonds is 4. The Morgan fingerprint density at radius 2 is 1.75 bits per heavy atom. The standard InChI is InChI=1S/C15H14N2O3/c1-17(2)11-7-5-10(6-8-11)14(18)12-4-3-9-16-13(12)15(19)20/h3-9H,1-2H3,(H,19,20). The predicted molar refractivity (Wildman–Crippen MR) is 75.4 cm³/mol. The van der Waals surface area contributed by atoms with Gasteiger partial charge in [-0.15, -0.1) is 0 Å². The second kappa shape index (κ2) is 5.52. The van der Waals surface area contributed by atoms with Crippen LogP contribution < -0.4 is 4.90 Å². The molecule has 102 valence electrons. The first-order valence-electron chi connectivity index (χ1n) is 6.01. The lowest BCUT2D eigenvalue weighted by Gasteiger charge is -2.12. The summed E-state index contributed by atoms with van der Waals surface area (Å²) in [5.74, 6) is -1.56. The molecule has 1 heterocycles. The molecule has 0 bridgehead atoms. The van der Waals surface area contributed by atoms with E-state index in [4.69, 9.17) is 5.11 Å². The maximum Gasteiger partial charge on any atom is 0.355 e. The first kappa shape index (κ1) is 13.7.